The number of nitrogens with one attached hydrogen (secondary N) is 1. The Hall–Kier alpha value is -1.89. The van der Waals surface area contributed by atoms with Crippen molar-refractivity contribution in [3.63, 3.8) is 0 Å². The summed E-state index contributed by atoms with van der Waals surface area (Å²) in [6, 6.07) is 0. The highest BCUT2D eigenvalue weighted by Gasteiger charge is 2.29. The summed E-state index contributed by atoms with van der Waals surface area (Å²) in [4.78, 5) is 24.7. The number of alkyl halides is 1. The van der Waals surface area contributed by atoms with Crippen LogP contribution in [0.3, 0.4) is 0 Å². The second-order valence-electron chi connectivity index (χ2n) is 5.27. The Labute approximate surface area is 127 Å². The number of carbonyl (C=O) groups is 1. The van der Waals surface area contributed by atoms with Gasteiger partial charge in [0.2, 0.25) is 11.8 Å². The fraction of sp³-hybridized carbons (Fsp3) is 0.538. The number of hydrogen-bond donors (Lipinski definition) is 1. The van der Waals surface area contributed by atoms with E-state index in [0.717, 1.165) is 0 Å². The largest absolute Gasteiger partial charge is 0.479 e. The Kier molecular flexibility index (Phi) is 4.32. The van der Waals surface area contributed by atoms with Gasteiger partial charge in [-0.1, -0.05) is 0 Å². The molecule has 2 heterocycles. The van der Waals surface area contributed by atoms with Crippen LogP contribution in [-0.2, 0) is 17.2 Å². The first-order valence-corrected chi connectivity index (χ1v) is 7.00. The molecule has 0 aromatic carbocycles. The second kappa shape index (κ2) is 5.85. The standard InChI is InChI=1S/C13H18ClN5O2/c1-13(2,12(20)15-3)6-19-8(5-14)18-9-10(19)16-7-17-11(9)21-4/h7H,5-6H2,1-4H3,(H,15,20). The molecule has 21 heavy (non-hydrogen) atoms. The van der Waals surface area contributed by atoms with Crippen molar-refractivity contribution < 1.29 is 9.53 Å². The summed E-state index contributed by atoms with van der Waals surface area (Å²) in [7, 11) is 3.14. The van der Waals surface area contributed by atoms with Crippen LogP contribution in [0.1, 0.15) is 19.7 Å². The number of ether oxygens (including phenoxy) is 1. The molecular weight excluding hydrogens is 294 g/mol. The fourth-order valence-electron chi connectivity index (χ4n) is 2.18. The first kappa shape index (κ1) is 15.5. The lowest BCUT2D eigenvalue weighted by Crippen LogP contribution is -2.38. The molecular formula is C13H18ClN5O2. The van der Waals surface area contributed by atoms with Gasteiger partial charge in [-0.15, -0.1) is 11.6 Å². The molecule has 1 N–H and O–H groups in total. The highest BCUT2D eigenvalue weighted by atomic mass is 35.5. The molecule has 114 valence electrons. The van der Waals surface area contributed by atoms with Gasteiger partial charge in [-0.25, -0.2) is 9.97 Å². The first-order chi connectivity index (χ1) is 9.94. The molecule has 0 fully saturated rings. The van der Waals surface area contributed by atoms with Crippen LogP contribution in [0.4, 0.5) is 0 Å². The van der Waals surface area contributed by atoms with Gasteiger partial charge in [0.05, 0.1) is 18.4 Å². The number of imidazole rings is 1. The van der Waals surface area contributed by atoms with Gasteiger partial charge in [-0.3, -0.25) is 4.79 Å². The summed E-state index contributed by atoms with van der Waals surface area (Å²) in [5.41, 5.74) is 0.527. The normalized spacial score (nSPS) is 11.7. The number of rotatable bonds is 5. The van der Waals surface area contributed by atoms with Gasteiger partial charge >= 0.3 is 0 Å². The number of amides is 1. The summed E-state index contributed by atoms with van der Waals surface area (Å²) in [6.45, 7) is 4.12. The summed E-state index contributed by atoms with van der Waals surface area (Å²) in [6.07, 6.45) is 1.41. The van der Waals surface area contributed by atoms with Crippen LogP contribution in [0, 0.1) is 5.41 Å². The molecule has 8 heteroatoms. The van der Waals surface area contributed by atoms with Gasteiger partial charge < -0.3 is 14.6 Å². The molecule has 1 amide bonds. The maximum Gasteiger partial charge on any atom is 0.245 e. The smallest absolute Gasteiger partial charge is 0.245 e. The van der Waals surface area contributed by atoms with Gasteiger partial charge in [0, 0.05) is 13.6 Å². The molecule has 0 saturated heterocycles. The molecule has 0 radical (unpaired) electrons. The van der Waals surface area contributed by atoms with Crippen molar-refractivity contribution in [3.8, 4) is 5.88 Å². The number of fused-ring (bicyclic) bond motifs is 1. The van der Waals surface area contributed by atoms with Crippen LogP contribution < -0.4 is 10.1 Å². The van der Waals surface area contributed by atoms with Crippen LogP contribution >= 0.6 is 11.6 Å². The zero-order valence-corrected chi connectivity index (χ0v) is 13.2. The van der Waals surface area contributed by atoms with Crippen molar-refractivity contribution in [2.75, 3.05) is 14.2 Å². The minimum absolute atomic E-state index is 0.0640. The summed E-state index contributed by atoms with van der Waals surface area (Å²) in [5, 5.41) is 2.66. The van der Waals surface area contributed by atoms with Crippen molar-refractivity contribution in [2.24, 2.45) is 5.41 Å². The maximum absolute atomic E-state index is 12.0. The van der Waals surface area contributed by atoms with E-state index in [1.165, 1.54) is 13.4 Å². The summed E-state index contributed by atoms with van der Waals surface area (Å²) < 4.78 is 7.02. The van der Waals surface area contributed by atoms with Crippen LogP contribution in [0.5, 0.6) is 5.88 Å². The predicted octanol–water partition coefficient (Wildman–Crippen LogP) is 1.35. The molecule has 0 unspecified atom stereocenters. The van der Waals surface area contributed by atoms with Crippen LogP contribution in [-0.4, -0.2) is 39.6 Å². The average Bonchev–Trinajstić information content (AvgIpc) is 2.83. The number of hydrogen-bond acceptors (Lipinski definition) is 5. The number of methoxy groups -OCH3 is 1. The van der Waals surface area contributed by atoms with Crippen molar-refractivity contribution in [1.82, 2.24) is 24.8 Å². The van der Waals surface area contributed by atoms with Gasteiger partial charge in [0.25, 0.3) is 0 Å². The average molecular weight is 312 g/mol. The summed E-state index contributed by atoms with van der Waals surface area (Å²) in [5.74, 6) is 1.17. The maximum atomic E-state index is 12.0. The van der Waals surface area contributed by atoms with Gasteiger partial charge in [-0.05, 0) is 13.8 Å². The molecule has 0 aliphatic rings. The number of halogens is 1. The predicted molar refractivity (Wildman–Crippen MR) is 79.3 cm³/mol. The van der Waals surface area contributed by atoms with Gasteiger partial charge in [-0.2, -0.15) is 4.98 Å². The molecule has 0 atom stereocenters. The Balaban J connectivity index is 2.55. The molecule has 0 spiro atoms. The molecule has 2 aromatic heterocycles. The lowest BCUT2D eigenvalue weighted by atomic mass is 9.92. The first-order valence-electron chi connectivity index (χ1n) is 6.47. The third-order valence-electron chi connectivity index (χ3n) is 3.29. The van der Waals surface area contributed by atoms with Crippen LogP contribution in [0.25, 0.3) is 11.2 Å². The van der Waals surface area contributed by atoms with E-state index in [1.54, 1.807) is 7.05 Å². The number of aromatic nitrogens is 4. The zero-order chi connectivity index (χ0) is 15.6. The van der Waals surface area contributed by atoms with Crippen molar-refractivity contribution in [1.29, 1.82) is 0 Å². The molecule has 0 aliphatic carbocycles. The Morgan fingerprint density at radius 2 is 2.19 bits per heavy atom. The fourth-order valence-corrected chi connectivity index (χ4v) is 2.39. The molecule has 2 rings (SSSR count). The topological polar surface area (TPSA) is 81.9 Å². The van der Waals surface area contributed by atoms with E-state index in [-0.39, 0.29) is 11.8 Å². The monoisotopic (exact) mass is 311 g/mol. The molecule has 0 saturated carbocycles. The van der Waals surface area contributed by atoms with E-state index in [1.807, 2.05) is 18.4 Å². The lowest BCUT2D eigenvalue weighted by molar-refractivity contribution is -0.129. The molecule has 2 aromatic rings. The van der Waals surface area contributed by atoms with Crippen molar-refractivity contribution >= 4 is 28.7 Å². The van der Waals surface area contributed by atoms with E-state index in [2.05, 4.69) is 20.3 Å². The summed E-state index contributed by atoms with van der Waals surface area (Å²) >= 11 is 5.97. The number of carbonyl (C=O) groups excluding carboxylic acids is 1. The van der Waals surface area contributed by atoms with E-state index in [4.69, 9.17) is 16.3 Å². The Morgan fingerprint density at radius 1 is 1.48 bits per heavy atom. The minimum Gasteiger partial charge on any atom is -0.479 e. The third kappa shape index (κ3) is 2.78. The van der Waals surface area contributed by atoms with Crippen molar-refractivity contribution in [3.05, 3.63) is 12.2 Å². The van der Waals surface area contributed by atoms with E-state index >= 15 is 0 Å². The second-order valence-corrected chi connectivity index (χ2v) is 5.53. The highest BCUT2D eigenvalue weighted by Crippen LogP contribution is 2.27. The van der Waals surface area contributed by atoms with E-state index in [0.29, 0.717) is 29.4 Å². The quantitative estimate of drug-likeness (QED) is 0.843. The SMILES string of the molecule is CNC(=O)C(C)(C)Cn1c(CCl)nc2c(OC)ncnc21. The molecule has 0 bridgehead atoms. The lowest BCUT2D eigenvalue weighted by Gasteiger charge is -2.24. The van der Waals surface area contributed by atoms with Crippen LogP contribution in [0.15, 0.2) is 6.33 Å². The Morgan fingerprint density at radius 3 is 2.76 bits per heavy atom. The third-order valence-corrected chi connectivity index (χ3v) is 3.52. The van der Waals surface area contributed by atoms with E-state index < -0.39 is 5.41 Å². The zero-order valence-electron chi connectivity index (χ0n) is 12.5. The van der Waals surface area contributed by atoms with Crippen LogP contribution in [0.2, 0.25) is 0 Å². The minimum atomic E-state index is -0.624. The Bertz CT molecular complexity index is 668. The van der Waals surface area contributed by atoms with Crippen molar-refractivity contribution in [2.45, 2.75) is 26.3 Å². The van der Waals surface area contributed by atoms with E-state index in [9.17, 15) is 4.79 Å². The molecule has 0 aliphatic heterocycles. The highest BCUT2D eigenvalue weighted by molar-refractivity contribution is 6.16. The van der Waals surface area contributed by atoms with Gasteiger partial charge in [0.15, 0.2) is 11.2 Å². The number of nitrogens with zero attached hydrogens (tertiary/aromatic N) is 4. The molecule has 7 nitrogen and oxygen atoms in total. The van der Waals surface area contributed by atoms with Gasteiger partial charge in [0.1, 0.15) is 12.2 Å².